The maximum absolute atomic E-state index is 16.4. The quantitative estimate of drug-likeness (QED) is 0.0490. The summed E-state index contributed by atoms with van der Waals surface area (Å²) in [5.74, 6) is -6.68. The fourth-order valence-corrected chi connectivity index (χ4v) is 13.0. The van der Waals surface area contributed by atoms with E-state index in [0.717, 1.165) is 13.8 Å². The fraction of sp³-hybridized carbons (Fsp3) is 0.459. The molecular weight excluding hydrogens is 1030 g/mol. The van der Waals surface area contributed by atoms with E-state index in [-0.39, 0.29) is 36.3 Å². The van der Waals surface area contributed by atoms with Gasteiger partial charge in [0.05, 0.1) is 29.5 Å². The molecule has 79 heavy (non-hydrogen) atoms. The molecule has 1 aliphatic heterocycles. The Balaban J connectivity index is 1.33. The van der Waals surface area contributed by atoms with E-state index in [1.54, 1.807) is 130 Å². The number of fused-ring (bicyclic) bond motifs is 5. The zero-order valence-electron chi connectivity index (χ0n) is 46.6. The zero-order valence-corrected chi connectivity index (χ0v) is 47.6. The first-order valence-electron chi connectivity index (χ1n) is 26.5. The summed E-state index contributed by atoms with van der Waals surface area (Å²) in [6.45, 7) is 17.8. The minimum Gasteiger partial charge on any atom is -0.456 e. The molecule has 2 N–H and O–H groups in total. The van der Waals surface area contributed by atoms with Crippen molar-refractivity contribution < 1.29 is 76.3 Å². The Morgan fingerprint density at radius 3 is 1.89 bits per heavy atom. The summed E-state index contributed by atoms with van der Waals surface area (Å²) in [6.07, 6.45) is -11.5. The Bertz CT molecular complexity index is 2980. The number of esters is 4. The van der Waals surface area contributed by atoms with E-state index in [9.17, 15) is 29.1 Å². The average Bonchev–Trinajstić information content (AvgIpc) is 1.90. The van der Waals surface area contributed by atoms with E-state index in [2.05, 4.69) is 5.32 Å². The Hall–Kier alpha value is -6.99. The zero-order chi connectivity index (χ0) is 57.5. The van der Waals surface area contributed by atoms with Gasteiger partial charge in [-0.1, -0.05) is 132 Å². The van der Waals surface area contributed by atoms with E-state index < -0.39 is 132 Å². The van der Waals surface area contributed by atoms with Crippen LogP contribution in [-0.4, -0.2) is 110 Å². The third-order valence-corrected chi connectivity index (χ3v) is 21.5. The van der Waals surface area contributed by atoms with Crippen molar-refractivity contribution >= 4 is 50.0 Å². The van der Waals surface area contributed by atoms with Crippen molar-refractivity contribution in [2.75, 3.05) is 6.61 Å². The molecule has 4 aliphatic rings. The predicted molar refractivity (Wildman–Crippen MR) is 289 cm³/mol. The Morgan fingerprint density at radius 2 is 1.34 bits per heavy atom. The van der Waals surface area contributed by atoms with Crippen molar-refractivity contribution in [1.29, 1.82) is 0 Å². The minimum absolute atomic E-state index is 0.00235. The van der Waals surface area contributed by atoms with Crippen LogP contribution in [-0.2, 0) is 63.4 Å². The molecular formula is C61H71NO16Si. The lowest BCUT2D eigenvalue weighted by atomic mass is 9.44. The molecule has 3 aliphatic carbocycles. The van der Waals surface area contributed by atoms with E-state index in [1.165, 1.54) is 19.1 Å². The highest BCUT2D eigenvalue weighted by molar-refractivity contribution is 6.74. The van der Waals surface area contributed by atoms with Gasteiger partial charge in [-0.3, -0.25) is 19.2 Å². The van der Waals surface area contributed by atoms with Crippen LogP contribution in [0.5, 0.6) is 0 Å². The van der Waals surface area contributed by atoms with Gasteiger partial charge in [-0.15, -0.1) is 0 Å². The van der Waals surface area contributed by atoms with Crippen LogP contribution in [0.3, 0.4) is 0 Å². The Morgan fingerprint density at radius 1 is 0.772 bits per heavy atom. The summed E-state index contributed by atoms with van der Waals surface area (Å²) in [4.78, 5) is 102. The molecule has 420 valence electrons. The molecule has 11 atom stereocenters. The largest absolute Gasteiger partial charge is 0.508 e. The second-order valence-corrected chi connectivity index (χ2v) is 28.1. The van der Waals surface area contributed by atoms with Gasteiger partial charge in [0, 0.05) is 37.7 Å². The standard InChI is InChI=1S/C61H71NO16Si/c1-36-43(74-55(68)49(78-79(10,11)57(4,5)6)47(40-26-18-13-19-27-40)62-53(66)41-28-20-14-21-29-41)33-61(70)52(76-54(67)42-30-22-15-23-31-42)50-59(9,51(65)48(73-37(2)63)46(36)58(61,7)8)44(32-45-60(50,35-72-45)77-38(3)64)75-56(69)71-34-39-24-16-12-17-25-39/h12-31,43-45,47-50,52,70H,32-35H2,1-11H3,(H,62,66)/t43-,44-,45?,47-,48+,49+,50-,52-,59+,60-,61+/m0/s1. The molecule has 1 amide bonds. The van der Waals surface area contributed by atoms with Crippen molar-refractivity contribution in [3.05, 3.63) is 155 Å². The van der Waals surface area contributed by atoms with Crippen molar-refractivity contribution in [1.82, 2.24) is 5.32 Å². The summed E-state index contributed by atoms with van der Waals surface area (Å²) < 4.78 is 50.7. The van der Waals surface area contributed by atoms with E-state index >= 15 is 9.59 Å². The second kappa shape index (κ2) is 22.3. The monoisotopic (exact) mass is 1100 g/mol. The molecule has 3 fully saturated rings. The van der Waals surface area contributed by atoms with E-state index in [0.29, 0.717) is 16.7 Å². The number of Topliss-reactive ketones (excluding diaryl/α,β-unsaturated/α-hetero) is 1. The summed E-state index contributed by atoms with van der Waals surface area (Å²) >= 11 is 0. The van der Waals surface area contributed by atoms with E-state index in [1.807, 2.05) is 33.9 Å². The topological polar surface area (TPSA) is 226 Å². The molecule has 8 rings (SSSR count). The summed E-state index contributed by atoms with van der Waals surface area (Å²) in [5, 5.41) is 16.9. The lowest BCUT2D eigenvalue weighted by molar-refractivity contribution is -0.346. The maximum Gasteiger partial charge on any atom is 0.508 e. The number of amides is 1. The van der Waals surface area contributed by atoms with Crippen LogP contribution in [0.1, 0.15) is 113 Å². The lowest BCUT2D eigenvalue weighted by Gasteiger charge is -2.67. The molecule has 18 heteroatoms. The average molecular weight is 1100 g/mol. The second-order valence-electron chi connectivity index (χ2n) is 23.3. The van der Waals surface area contributed by atoms with Gasteiger partial charge < -0.3 is 48.0 Å². The molecule has 1 unspecified atom stereocenters. The molecule has 1 heterocycles. The summed E-state index contributed by atoms with van der Waals surface area (Å²) in [7, 11) is -2.99. The Labute approximate surface area is 461 Å². The van der Waals surface area contributed by atoms with Gasteiger partial charge in [0.15, 0.2) is 31.9 Å². The molecule has 2 saturated carbocycles. The number of nitrogens with one attached hydrogen (secondary N) is 1. The number of ketones is 1. The first-order valence-corrected chi connectivity index (χ1v) is 29.5. The Kier molecular flexibility index (Phi) is 16.4. The van der Waals surface area contributed by atoms with Crippen LogP contribution in [0.2, 0.25) is 18.1 Å². The third-order valence-electron chi connectivity index (χ3n) is 17.1. The van der Waals surface area contributed by atoms with Crippen LogP contribution in [0.25, 0.3) is 0 Å². The van der Waals surface area contributed by atoms with Crippen LogP contribution in [0.15, 0.2) is 132 Å². The van der Waals surface area contributed by atoms with Crippen LogP contribution >= 0.6 is 0 Å². The minimum atomic E-state index is -2.99. The fourth-order valence-electron chi connectivity index (χ4n) is 11.8. The molecule has 2 bridgehead atoms. The van der Waals surface area contributed by atoms with Gasteiger partial charge >= 0.3 is 30.0 Å². The number of carbonyl (C=O) groups excluding carboxylic acids is 7. The summed E-state index contributed by atoms with van der Waals surface area (Å²) in [5.41, 5.74) is -6.56. The van der Waals surface area contributed by atoms with Crippen LogP contribution < -0.4 is 5.32 Å². The number of aliphatic hydroxyl groups is 1. The molecule has 0 radical (unpaired) electrons. The van der Waals surface area contributed by atoms with Gasteiger partial charge in [0.25, 0.3) is 5.91 Å². The molecule has 4 aromatic rings. The van der Waals surface area contributed by atoms with E-state index in [4.69, 9.17) is 37.6 Å². The van der Waals surface area contributed by atoms with Crippen molar-refractivity contribution in [2.45, 2.75) is 154 Å². The highest BCUT2D eigenvalue weighted by atomic mass is 28.4. The summed E-state index contributed by atoms with van der Waals surface area (Å²) in [6, 6.07) is 32.8. The van der Waals surface area contributed by atoms with Gasteiger partial charge in [0.2, 0.25) is 0 Å². The third kappa shape index (κ3) is 11.0. The smallest absolute Gasteiger partial charge is 0.456 e. The van der Waals surface area contributed by atoms with Crippen molar-refractivity contribution in [3.8, 4) is 0 Å². The van der Waals surface area contributed by atoms with Crippen molar-refractivity contribution in [2.24, 2.45) is 16.7 Å². The van der Waals surface area contributed by atoms with Crippen LogP contribution in [0.4, 0.5) is 4.79 Å². The number of benzene rings is 4. The number of ether oxygens (including phenoxy) is 7. The van der Waals surface area contributed by atoms with Gasteiger partial charge in [-0.25, -0.2) is 14.4 Å². The SMILES string of the molecule is CC(=O)O[C@H]1C(=O)[C@]2(C)[C@@H](OC(=O)OCc3ccccc3)CC3OC[C@@]3(OC(C)=O)[C@H]2[C@H](OC(=O)c2ccccc2)[C@]2(O)C[C@H](OC(=O)[C@H](O[Si](C)(C)C(C)(C)C)[C@@H](NC(=O)c3ccccc3)c3ccccc3)C(C)=C1C2(C)C. The number of rotatable bonds is 15. The van der Waals surface area contributed by atoms with Gasteiger partial charge in [0.1, 0.15) is 36.6 Å². The molecule has 0 spiro atoms. The molecule has 4 aromatic carbocycles. The van der Waals surface area contributed by atoms with Crippen molar-refractivity contribution in [3.63, 3.8) is 0 Å². The van der Waals surface area contributed by atoms with Gasteiger partial charge in [-0.2, -0.15) is 0 Å². The molecule has 0 aromatic heterocycles. The highest BCUT2D eigenvalue weighted by Crippen LogP contribution is 2.65. The predicted octanol–water partition coefficient (Wildman–Crippen LogP) is 9.13. The normalized spacial score (nSPS) is 27.8. The number of hydrogen-bond donors (Lipinski definition) is 2. The maximum atomic E-state index is 16.4. The molecule has 17 nitrogen and oxygen atoms in total. The first-order chi connectivity index (χ1) is 37.2. The number of carbonyl (C=O) groups is 7. The first kappa shape index (κ1) is 58.2. The van der Waals surface area contributed by atoms with Gasteiger partial charge in [-0.05, 0) is 78.5 Å². The van der Waals surface area contributed by atoms with Crippen LogP contribution in [0, 0.1) is 16.7 Å². The molecule has 1 saturated heterocycles. The lowest BCUT2D eigenvalue weighted by Crippen LogP contribution is -2.82. The highest BCUT2D eigenvalue weighted by Gasteiger charge is 2.79. The number of hydrogen-bond acceptors (Lipinski definition) is 16.